The SMILES string of the molecule is COc1cc(OC)c(CN2C(c3cccc(C4OC[C@@H](c5ccccc5)N4Cc4c(OC)cc(OC)cc4OC)c3)OC[C@H]2c2ccccc2)c(OC)c1. The molecule has 0 saturated carbocycles. The zero-order valence-electron chi connectivity index (χ0n) is 31.7. The lowest BCUT2D eigenvalue weighted by atomic mass is 10.0. The molecule has 0 aliphatic carbocycles. The number of ether oxygens (including phenoxy) is 8. The summed E-state index contributed by atoms with van der Waals surface area (Å²) in [4.78, 5) is 4.74. The number of hydrogen-bond acceptors (Lipinski definition) is 10. The molecule has 0 radical (unpaired) electrons. The van der Waals surface area contributed by atoms with Crippen molar-refractivity contribution >= 4 is 0 Å². The first kappa shape index (κ1) is 37.1. The van der Waals surface area contributed by atoms with Crippen LogP contribution in [-0.4, -0.2) is 65.7 Å². The van der Waals surface area contributed by atoms with E-state index >= 15 is 0 Å². The minimum atomic E-state index is -0.367. The number of methoxy groups -OCH3 is 6. The predicted molar refractivity (Wildman–Crippen MR) is 205 cm³/mol. The van der Waals surface area contributed by atoms with Crippen LogP contribution in [0, 0.1) is 0 Å². The van der Waals surface area contributed by atoms with Crippen molar-refractivity contribution in [2.45, 2.75) is 37.6 Å². The van der Waals surface area contributed by atoms with Gasteiger partial charge in [-0.1, -0.05) is 78.9 Å². The van der Waals surface area contributed by atoms with E-state index in [9.17, 15) is 0 Å². The van der Waals surface area contributed by atoms with E-state index in [-0.39, 0.29) is 24.5 Å². The largest absolute Gasteiger partial charge is 0.496 e. The van der Waals surface area contributed by atoms with Gasteiger partial charge in [0.25, 0.3) is 0 Å². The Hall–Kier alpha value is -5.26. The smallest absolute Gasteiger partial charge is 0.137 e. The molecule has 0 spiro atoms. The number of benzene rings is 5. The monoisotopic (exact) mass is 732 g/mol. The molecule has 2 saturated heterocycles. The highest BCUT2D eigenvalue weighted by molar-refractivity contribution is 5.52. The minimum absolute atomic E-state index is 0.0203. The van der Waals surface area contributed by atoms with Crippen LogP contribution in [0.15, 0.2) is 109 Å². The number of hydrogen-bond donors (Lipinski definition) is 0. The lowest BCUT2D eigenvalue weighted by Gasteiger charge is -2.32. The first-order valence-electron chi connectivity index (χ1n) is 18.0. The summed E-state index contributed by atoms with van der Waals surface area (Å²) in [6.45, 7) is 2.03. The van der Waals surface area contributed by atoms with Crippen LogP contribution in [0.5, 0.6) is 34.5 Å². The van der Waals surface area contributed by atoms with Crippen LogP contribution in [0.3, 0.4) is 0 Å². The molecule has 10 heteroatoms. The molecule has 0 N–H and O–H groups in total. The van der Waals surface area contributed by atoms with Crippen LogP contribution >= 0.6 is 0 Å². The zero-order valence-corrected chi connectivity index (χ0v) is 31.7. The van der Waals surface area contributed by atoms with E-state index in [1.54, 1.807) is 42.7 Å². The fraction of sp³-hybridized carbons (Fsp3) is 0.318. The molecule has 2 aliphatic rings. The van der Waals surface area contributed by atoms with Crippen molar-refractivity contribution in [1.29, 1.82) is 0 Å². The fourth-order valence-corrected chi connectivity index (χ4v) is 7.66. The van der Waals surface area contributed by atoms with Crippen LogP contribution in [-0.2, 0) is 22.6 Å². The summed E-state index contributed by atoms with van der Waals surface area (Å²) in [5.74, 6) is 4.06. The van der Waals surface area contributed by atoms with E-state index in [1.807, 2.05) is 36.4 Å². The van der Waals surface area contributed by atoms with Crippen molar-refractivity contribution in [3.8, 4) is 34.5 Å². The summed E-state index contributed by atoms with van der Waals surface area (Å²) in [5, 5.41) is 0. The van der Waals surface area contributed by atoms with Gasteiger partial charge in [-0.05, 0) is 28.3 Å². The standard InChI is InChI=1S/C44H48N2O8/c1-47-33-21-39(49-3)35(40(22-33)50-4)25-45-37(29-14-9-7-10-15-29)27-53-43(45)31-18-13-19-32(20-31)44-46(38(28-54-44)30-16-11-8-12-17-30)26-36-41(51-5)23-34(48-2)24-42(36)52-6/h7-24,37-38,43-44H,25-28H2,1-6H3/t37-,38-,43?,44?/m0/s1. The van der Waals surface area contributed by atoms with Gasteiger partial charge >= 0.3 is 0 Å². The molecule has 2 fully saturated rings. The van der Waals surface area contributed by atoms with E-state index in [0.29, 0.717) is 60.8 Å². The maximum atomic E-state index is 6.72. The Morgan fingerprint density at radius 3 is 1.13 bits per heavy atom. The van der Waals surface area contributed by atoms with Gasteiger partial charge in [-0.15, -0.1) is 0 Å². The molecule has 5 aromatic rings. The van der Waals surface area contributed by atoms with Gasteiger partial charge in [0.2, 0.25) is 0 Å². The van der Waals surface area contributed by atoms with Crippen molar-refractivity contribution in [2.75, 3.05) is 55.9 Å². The maximum absolute atomic E-state index is 6.72. The lowest BCUT2D eigenvalue weighted by molar-refractivity contribution is 0.0185. The van der Waals surface area contributed by atoms with Gasteiger partial charge in [0.15, 0.2) is 0 Å². The Morgan fingerprint density at radius 2 is 0.796 bits per heavy atom. The summed E-state index contributed by atoms with van der Waals surface area (Å²) < 4.78 is 48.1. The van der Waals surface area contributed by atoms with Gasteiger partial charge in [0, 0.05) is 37.4 Å². The molecule has 5 aromatic carbocycles. The second-order valence-corrected chi connectivity index (χ2v) is 13.3. The summed E-state index contributed by atoms with van der Waals surface area (Å²) >= 11 is 0. The van der Waals surface area contributed by atoms with Crippen molar-refractivity contribution in [3.05, 3.63) is 143 Å². The molecule has 0 bridgehead atoms. The van der Waals surface area contributed by atoms with Crippen LogP contribution in [0.25, 0.3) is 0 Å². The Labute approximate surface area is 317 Å². The average molecular weight is 733 g/mol. The third-order valence-corrected chi connectivity index (χ3v) is 10.4. The van der Waals surface area contributed by atoms with Gasteiger partial charge in [0.05, 0.1) is 79.1 Å². The third-order valence-electron chi connectivity index (χ3n) is 10.4. The summed E-state index contributed by atoms with van der Waals surface area (Å²) in [5.41, 5.74) is 6.19. The highest BCUT2D eigenvalue weighted by Gasteiger charge is 2.40. The van der Waals surface area contributed by atoms with Gasteiger partial charge in [-0.25, -0.2) is 0 Å². The molecule has 4 atom stereocenters. The van der Waals surface area contributed by atoms with Crippen molar-refractivity contribution in [2.24, 2.45) is 0 Å². The van der Waals surface area contributed by atoms with Crippen molar-refractivity contribution in [3.63, 3.8) is 0 Å². The van der Waals surface area contributed by atoms with Crippen molar-refractivity contribution < 1.29 is 37.9 Å². The topological polar surface area (TPSA) is 80.3 Å². The number of rotatable bonds is 14. The van der Waals surface area contributed by atoms with Crippen LogP contribution in [0.4, 0.5) is 0 Å². The van der Waals surface area contributed by atoms with Crippen molar-refractivity contribution in [1.82, 2.24) is 9.80 Å². The van der Waals surface area contributed by atoms with E-state index in [2.05, 4.69) is 82.6 Å². The van der Waals surface area contributed by atoms with Gasteiger partial charge in [-0.2, -0.15) is 0 Å². The molecule has 2 unspecified atom stereocenters. The minimum Gasteiger partial charge on any atom is -0.496 e. The van der Waals surface area contributed by atoms with Crippen LogP contribution in [0.2, 0.25) is 0 Å². The zero-order chi connectivity index (χ0) is 37.6. The first-order chi connectivity index (χ1) is 26.5. The molecule has 282 valence electrons. The predicted octanol–water partition coefficient (Wildman–Crippen LogP) is 8.28. The van der Waals surface area contributed by atoms with E-state index in [4.69, 9.17) is 37.9 Å². The van der Waals surface area contributed by atoms with E-state index in [0.717, 1.165) is 22.3 Å². The lowest BCUT2D eigenvalue weighted by Crippen LogP contribution is -2.28. The Kier molecular flexibility index (Phi) is 11.5. The molecule has 0 aromatic heterocycles. The van der Waals surface area contributed by atoms with Crippen LogP contribution < -0.4 is 28.4 Å². The third kappa shape index (κ3) is 7.43. The second kappa shape index (κ2) is 16.8. The van der Waals surface area contributed by atoms with Gasteiger partial charge in [-0.3, -0.25) is 9.80 Å². The first-order valence-corrected chi connectivity index (χ1v) is 18.0. The Morgan fingerprint density at radius 1 is 0.444 bits per heavy atom. The summed E-state index contributed by atoms with van der Waals surface area (Å²) in [7, 11) is 9.94. The quantitative estimate of drug-likeness (QED) is 0.111. The van der Waals surface area contributed by atoms with Crippen LogP contribution in [0.1, 0.15) is 57.9 Å². The molecule has 2 heterocycles. The fourth-order valence-electron chi connectivity index (χ4n) is 7.66. The van der Waals surface area contributed by atoms with E-state index < -0.39 is 0 Å². The van der Waals surface area contributed by atoms with Gasteiger partial charge < -0.3 is 37.9 Å². The molecule has 0 amide bonds. The Balaban J connectivity index is 1.27. The normalized spacial score (nSPS) is 20.1. The molecule has 2 aliphatic heterocycles. The average Bonchev–Trinajstić information content (AvgIpc) is 3.86. The molecule has 54 heavy (non-hydrogen) atoms. The summed E-state index contributed by atoms with van der Waals surface area (Å²) in [6, 6.07) is 37.0. The molecule has 7 rings (SSSR count). The Bertz CT molecular complexity index is 1820. The highest BCUT2D eigenvalue weighted by Crippen LogP contribution is 2.47. The molecular formula is C44H48N2O8. The number of nitrogens with zero attached hydrogens (tertiary/aromatic N) is 2. The highest BCUT2D eigenvalue weighted by atomic mass is 16.5. The molecule has 10 nitrogen and oxygen atoms in total. The molecular weight excluding hydrogens is 684 g/mol. The maximum Gasteiger partial charge on any atom is 0.137 e. The summed E-state index contributed by atoms with van der Waals surface area (Å²) in [6.07, 6.45) is -0.735. The van der Waals surface area contributed by atoms with E-state index in [1.165, 1.54) is 11.1 Å². The second-order valence-electron chi connectivity index (χ2n) is 13.3. The van der Waals surface area contributed by atoms with Gasteiger partial charge in [0.1, 0.15) is 47.0 Å².